The molecule has 0 radical (unpaired) electrons. The molecule has 4 aromatic rings. The van der Waals surface area contributed by atoms with Gasteiger partial charge in [0.05, 0.1) is 12.5 Å². The molecule has 1 unspecified atom stereocenters. The zero-order chi connectivity index (χ0) is 19.6. The van der Waals surface area contributed by atoms with Gasteiger partial charge in [-0.1, -0.05) is 0 Å². The molecule has 4 heterocycles. The Kier molecular flexibility index (Phi) is 4.91. The molecule has 3 aromatic heterocycles. The first-order chi connectivity index (χ1) is 14.3. The maximum absolute atomic E-state index is 5.16. The van der Waals surface area contributed by atoms with Crippen LogP contribution in [0.15, 0.2) is 60.1 Å². The highest BCUT2D eigenvalue weighted by atomic mass is 16.3. The van der Waals surface area contributed by atoms with Crippen molar-refractivity contribution in [2.45, 2.75) is 38.4 Å². The van der Waals surface area contributed by atoms with Gasteiger partial charge in [0, 0.05) is 60.1 Å². The number of furan rings is 1. The summed E-state index contributed by atoms with van der Waals surface area (Å²) in [7, 11) is 0. The summed E-state index contributed by atoms with van der Waals surface area (Å²) in [4.78, 5) is 6.00. The lowest BCUT2D eigenvalue weighted by molar-refractivity contribution is 0.252. The summed E-state index contributed by atoms with van der Waals surface area (Å²) in [5.74, 6) is 0. The molecule has 2 N–H and O–H groups in total. The predicted molar refractivity (Wildman–Crippen MR) is 112 cm³/mol. The number of aromatic amines is 1. The fourth-order valence-electron chi connectivity index (χ4n) is 4.37. The van der Waals surface area contributed by atoms with E-state index in [1.807, 2.05) is 16.9 Å². The molecule has 0 saturated carbocycles. The Labute approximate surface area is 169 Å². The standard InChI is InChI=1S/C22H26N6O/c1-16-21(23-11-17-6-9-29-13-17)5-8-27(16)7-4-18-12-24-22-3-2-19(10-20(18)22)28-14-25-26-15-28/h2-3,6,9-10,12-16,21,23-24H,4-5,7-8,11H2,1H3/t16?,21-/m0/s1. The number of H-pyrrole nitrogens is 1. The smallest absolute Gasteiger partial charge is 0.123 e. The molecule has 0 amide bonds. The number of fused-ring (bicyclic) bond motifs is 1. The minimum absolute atomic E-state index is 0.521. The lowest BCUT2D eigenvalue weighted by Gasteiger charge is -2.25. The molecule has 1 aliphatic heterocycles. The van der Waals surface area contributed by atoms with E-state index in [0.717, 1.165) is 31.7 Å². The maximum Gasteiger partial charge on any atom is 0.123 e. The van der Waals surface area contributed by atoms with Crippen LogP contribution >= 0.6 is 0 Å². The van der Waals surface area contributed by atoms with Crippen molar-refractivity contribution in [2.75, 3.05) is 13.1 Å². The van der Waals surface area contributed by atoms with Crippen LogP contribution in [0.5, 0.6) is 0 Å². The molecule has 7 heteroatoms. The molecule has 7 nitrogen and oxygen atoms in total. The summed E-state index contributed by atoms with van der Waals surface area (Å²) in [6.07, 6.45) is 11.4. The molecule has 1 fully saturated rings. The van der Waals surface area contributed by atoms with Gasteiger partial charge in [0.15, 0.2) is 0 Å². The second-order valence-corrected chi connectivity index (χ2v) is 7.85. The SMILES string of the molecule is CC1[C@@H](NCc2ccoc2)CCN1CCc1c[nH]c2ccc(-n3cnnc3)cc12. The van der Waals surface area contributed by atoms with Gasteiger partial charge in [0.2, 0.25) is 0 Å². The molecule has 1 aromatic carbocycles. The molecular weight excluding hydrogens is 364 g/mol. The van der Waals surface area contributed by atoms with Gasteiger partial charge in [0.25, 0.3) is 0 Å². The number of nitrogens with zero attached hydrogens (tertiary/aromatic N) is 4. The van der Waals surface area contributed by atoms with Gasteiger partial charge in [-0.15, -0.1) is 10.2 Å². The summed E-state index contributed by atoms with van der Waals surface area (Å²) >= 11 is 0. The topological polar surface area (TPSA) is 74.9 Å². The van der Waals surface area contributed by atoms with Crippen LogP contribution in [0.4, 0.5) is 0 Å². The maximum atomic E-state index is 5.16. The molecule has 150 valence electrons. The van der Waals surface area contributed by atoms with E-state index in [1.54, 1.807) is 18.9 Å². The second-order valence-electron chi connectivity index (χ2n) is 7.85. The fourth-order valence-corrected chi connectivity index (χ4v) is 4.37. The first-order valence-electron chi connectivity index (χ1n) is 10.2. The van der Waals surface area contributed by atoms with Crippen LogP contribution in [0.2, 0.25) is 0 Å². The van der Waals surface area contributed by atoms with Crippen molar-refractivity contribution >= 4 is 10.9 Å². The third-order valence-electron chi connectivity index (χ3n) is 6.17. The molecule has 1 aliphatic rings. The number of rotatable bonds is 7. The zero-order valence-electron chi connectivity index (χ0n) is 16.6. The van der Waals surface area contributed by atoms with E-state index in [-0.39, 0.29) is 0 Å². The monoisotopic (exact) mass is 390 g/mol. The average molecular weight is 390 g/mol. The quantitative estimate of drug-likeness (QED) is 0.507. The zero-order valence-corrected chi connectivity index (χ0v) is 16.6. The Hall–Kier alpha value is -2.90. The Morgan fingerprint density at radius 1 is 1.24 bits per heavy atom. The first-order valence-corrected chi connectivity index (χ1v) is 10.2. The van der Waals surface area contributed by atoms with Gasteiger partial charge in [-0.3, -0.25) is 9.47 Å². The first kappa shape index (κ1) is 18.1. The molecule has 1 saturated heterocycles. The van der Waals surface area contributed by atoms with Crippen LogP contribution in [0, 0.1) is 0 Å². The summed E-state index contributed by atoms with van der Waals surface area (Å²) in [6.45, 7) is 5.40. The van der Waals surface area contributed by atoms with Crippen molar-refractivity contribution in [3.63, 3.8) is 0 Å². The van der Waals surface area contributed by atoms with Gasteiger partial charge >= 0.3 is 0 Å². The van der Waals surface area contributed by atoms with E-state index in [0.29, 0.717) is 12.1 Å². The summed E-state index contributed by atoms with van der Waals surface area (Å²) in [6, 6.07) is 9.50. The van der Waals surface area contributed by atoms with Gasteiger partial charge in [0.1, 0.15) is 12.7 Å². The van der Waals surface area contributed by atoms with Crippen LogP contribution in [-0.2, 0) is 13.0 Å². The van der Waals surface area contributed by atoms with E-state index in [1.165, 1.54) is 28.5 Å². The summed E-state index contributed by atoms with van der Waals surface area (Å²) in [5.41, 5.74) is 4.82. The van der Waals surface area contributed by atoms with Crippen molar-refractivity contribution in [1.29, 1.82) is 0 Å². The largest absolute Gasteiger partial charge is 0.472 e. The third kappa shape index (κ3) is 3.71. The fraction of sp³-hybridized carbons (Fsp3) is 0.364. The van der Waals surface area contributed by atoms with Crippen molar-refractivity contribution in [3.05, 3.63) is 66.8 Å². The molecule has 0 spiro atoms. The van der Waals surface area contributed by atoms with E-state index < -0.39 is 0 Å². The Bertz CT molecular complexity index is 1050. The number of aromatic nitrogens is 4. The van der Waals surface area contributed by atoms with Crippen molar-refractivity contribution in [2.24, 2.45) is 0 Å². The minimum atomic E-state index is 0.521. The Balaban J connectivity index is 1.23. The number of hydrogen-bond donors (Lipinski definition) is 2. The van der Waals surface area contributed by atoms with E-state index in [9.17, 15) is 0 Å². The Morgan fingerprint density at radius 3 is 2.97 bits per heavy atom. The third-order valence-corrected chi connectivity index (χ3v) is 6.17. The highest BCUT2D eigenvalue weighted by Gasteiger charge is 2.29. The average Bonchev–Trinajstić information content (AvgIpc) is 3.53. The molecule has 29 heavy (non-hydrogen) atoms. The van der Waals surface area contributed by atoms with Gasteiger partial charge in [-0.25, -0.2) is 0 Å². The highest BCUT2D eigenvalue weighted by Crippen LogP contribution is 2.24. The van der Waals surface area contributed by atoms with Gasteiger partial charge in [-0.2, -0.15) is 0 Å². The van der Waals surface area contributed by atoms with E-state index in [4.69, 9.17) is 4.42 Å². The second kappa shape index (κ2) is 7.85. The molecular formula is C22H26N6O. The van der Waals surface area contributed by atoms with E-state index >= 15 is 0 Å². The van der Waals surface area contributed by atoms with Crippen molar-refractivity contribution in [3.8, 4) is 5.69 Å². The van der Waals surface area contributed by atoms with Crippen LogP contribution in [0.1, 0.15) is 24.5 Å². The molecule has 2 atom stereocenters. The lowest BCUT2D eigenvalue weighted by atomic mass is 10.1. The minimum Gasteiger partial charge on any atom is -0.472 e. The lowest BCUT2D eigenvalue weighted by Crippen LogP contribution is -2.40. The number of hydrogen-bond acceptors (Lipinski definition) is 5. The predicted octanol–water partition coefficient (Wildman–Crippen LogP) is 3.14. The molecule has 5 rings (SSSR count). The summed E-state index contributed by atoms with van der Waals surface area (Å²) < 4.78 is 7.10. The number of benzene rings is 1. The van der Waals surface area contributed by atoms with Crippen molar-refractivity contribution in [1.82, 2.24) is 30.0 Å². The van der Waals surface area contributed by atoms with Crippen LogP contribution in [0.25, 0.3) is 16.6 Å². The highest BCUT2D eigenvalue weighted by molar-refractivity contribution is 5.85. The van der Waals surface area contributed by atoms with Crippen LogP contribution in [0.3, 0.4) is 0 Å². The van der Waals surface area contributed by atoms with Crippen molar-refractivity contribution < 1.29 is 4.42 Å². The normalized spacial score (nSPS) is 20.0. The van der Waals surface area contributed by atoms with Crippen LogP contribution in [-0.4, -0.2) is 49.8 Å². The number of nitrogens with one attached hydrogen (secondary N) is 2. The van der Waals surface area contributed by atoms with Crippen LogP contribution < -0.4 is 5.32 Å². The Morgan fingerprint density at radius 2 is 2.14 bits per heavy atom. The molecule has 0 aliphatic carbocycles. The van der Waals surface area contributed by atoms with E-state index in [2.05, 4.69) is 56.7 Å². The molecule has 0 bridgehead atoms. The van der Waals surface area contributed by atoms with Gasteiger partial charge < -0.3 is 14.7 Å². The summed E-state index contributed by atoms with van der Waals surface area (Å²) in [5, 5.41) is 12.8. The van der Waals surface area contributed by atoms with Gasteiger partial charge in [-0.05, 0) is 49.6 Å². The number of likely N-dealkylation sites (tertiary alicyclic amines) is 1.